The Kier molecular flexibility index (Phi) is 9.32. The zero-order valence-electron chi connectivity index (χ0n) is 21.3. The van der Waals surface area contributed by atoms with Gasteiger partial charge in [-0.1, -0.05) is 121 Å². The van der Waals surface area contributed by atoms with Crippen LogP contribution in [0.25, 0.3) is 0 Å². The Bertz CT molecular complexity index is 1200. The summed E-state index contributed by atoms with van der Waals surface area (Å²) in [5.74, 6) is 0. The van der Waals surface area contributed by atoms with Crippen molar-refractivity contribution in [3.8, 4) is 0 Å². The van der Waals surface area contributed by atoms with Gasteiger partial charge in [0.15, 0.2) is 0 Å². The predicted molar refractivity (Wildman–Crippen MR) is 146 cm³/mol. The van der Waals surface area contributed by atoms with Crippen LogP contribution in [-0.4, -0.2) is 36.1 Å². The van der Waals surface area contributed by atoms with Gasteiger partial charge in [0.05, 0.1) is 26.4 Å². The maximum atomic E-state index is 11.3. The van der Waals surface area contributed by atoms with Gasteiger partial charge in [-0.15, -0.1) is 0 Å². The van der Waals surface area contributed by atoms with E-state index in [0.717, 1.165) is 22.3 Å². The number of hydrogen-bond acceptors (Lipinski definition) is 5. The number of hydrogen-bond donors (Lipinski definition) is 1. The second-order valence-electron chi connectivity index (χ2n) is 9.52. The lowest BCUT2D eigenvalue weighted by Crippen LogP contribution is -2.43. The van der Waals surface area contributed by atoms with Gasteiger partial charge in [0, 0.05) is 0 Å². The highest BCUT2D eigenvalue weighted by molar-refractivity contribution is 5.22. The van der Waals surface area contributed by atoms with Crippen molar-refractivity contribution < 1.29 is 24.1 Å². The van der Waals surface area contributed by atoms with Gasteiger partial charge < -0.3 is 24.1 Å². The van der Waals surface area contributed by atoms with E-state index in [0.29, 0.717) is 19.8 Å². The topological polar surface area (TPSA) is 57.2 Å². The first-order valence-electron chi connectivity index (χ1n) is 13.1. The third-order valence-electron chi connectivity index (χ3n) is 6.73. The summed E-state index contributed by atoms with van der Waals surface area (Å²) in [5, 5.41) is 11.3. The maximum absolute atomic E-state index is 11.3. The van der Waals surface area contributed by atoms with Crippen LogP contribution in [0.2, 0.25) is 0 Å². The van der Waals surface area contributed by atoms with Gasteiger partial charge in [0.2, 0.25) is 0 Å². The molecule has 4 aromatic carbocycles. The summed E-state index contributed by atoms with van der Waals surface area (Å²) < 4.78 is 25.4. The second-order valence-corrected chi connectivity index (χ2v) is 9.52. The monoisotopic (exact) mass is 510 g/mol. The molecule has 0 unspecified atom stereocenters. The Balaban J connectivity index is 1.36. The molecule has 1 saturated heterocycles. The standard InChI is InChI=1S/C33H34O5/c34-29(24-35-21-25-13-5-1-6-14-25)31-33(37-23-27-17-9-3-10-18-27)32(36-22-26-15-7-2-8-16-26)30(38-31)28-19-11-4-12-20-28/h1-20,29-34H,21-24H2/t29-,30+,31-,32+,33+/m1/s1. The highest BCUT2D eigenvalue weighted by Gasteiger charge is 2.49. The van der Waals surface area contributed by atoms with Gasteiger partial charge in [-0.05, 0) is 22.3 Å². The van der Waals surface area contributed by atoms with Gasteiger partial charge >= 0.3 is 0 Å². The first kappa shape index (κ1) is 26.3. The van der Waals surface area contributed by atoms with Gasteiger partial charge in [-0.25, -0.2) is 0 Å². The lowest BCUT2D eigenvalue weighted by Gasteiger charge is -2.27. The third kappa shape index (κ3) is 6.95. The van der Waals surface area contributed by atoms with Gasteiger partial charge in [-0.3, -0.25) is 0 Å². The van der Waals surface area contributed by atoms with E-state index in [2.05, 4.69) is 0 Å². The molecule has 1 aliphatic heterocycles. The molecule has 0 spiro atoms. The molecule has 0 saturated carbocycles. The molecule has 5 nitrogen and oxygen atoms in total. The first-order chi connectivity index (χ1) is 18.8. The Morgan fingerprint density at radius 1 is 0.579 bits per heavy atom. The molecule has 0 radical (unpaired) electrons. The van der Waals surface area contributed by atoms with Crippen LogP contribution in [0.4, 0.5) is 0 Å². The number of aliphatic hydroxyl groups excluding tert-OH is 1. The minimum atomic E-state index is -0.893. The second kappa shape index (κ2) is 13.5. The molecule has 196 valence electrons. The van der Waals surface area contributed by atoms with Crippen molar-refractivity contribution in [3.05, 3.63) is 144 Å². The SMILES string of the molecule is O[C@H](COCc1ccccc1)[C@H]1O[C@@H](c2ccccc2)[C@H](OCc2ccccc2)[C@H]1OCc1ccccc1. The zero-order chi connectivity index (χ0) is 26.0. The first-order valence-corrected chi connectivity index (χ1v) is 13.1. The molecule has 5 atom stereocenters. The summed E-state index contributed by atoms with van der Waals surface area (Å²) >= 11 is 0. The van der Waals surface area contributed by atoms with Crippen molar-refractivity contribution in [1.29, 1.82) is 0 Å². The molecule has 0 aromatic heterocycles. The molecule has 0 bridgehead atoms. The normalized spacial score (nSPS) is 21.8. The molecule has 4 aromatic rings. The lowest BCUT2D eigenvalue weighted by molar-refractivity contribution is -0.116. The van der Waals surface area contributed by atoms with Crippen LogP contribution < -0.4 is 0 Å². The Hall–Kier alpha value is -3.32. The van der Waals surface area contributed by atoms with Crippen LogP contribution in [0, 0.1) is 0 Å². The number of rotatable bonds is 12. The van der Waals surface area contributed by atoms with Crippen LogP contribution in [0.3, 0.4) is 0 Å². The molecule has 1 aliphatic rings. The summed E-state index contributed by atoms with van der Waals surface area (Å²) in [6.45, 7) is 1.33. The Morgan fingerprint density at radius 2 is 1.03 bits per heavy atom. The quantitative estimate of drug-likeness (QED) is 0.258. The van der Waals surface area contributed by atoms with Gasteiger partial charge in [-0.2, -0.15) is 0 Å². The molecule has 0 amide bonds. The lowest BCUT2D eigenvalue weighted by atomic mass is 9.99. The third-order valence-corrected chi connectivity index (χ3v) is 6.73. The van der Waals surface area contributed by atoms with E-state index in [4.69, 9.17) is 18.9 Å². The number of ether oxygens (including phenoxy) is 4. The highest BCUT2D eigenvalue weighted by atomic mass is 16.6. The molecule has 5 rings (SSSR count). The number of benzene rings is 4. The van der Waals surface area contributed by atoms with E-state index >= 15 is 0 Å². The van der Waals surface area contributed by atoms with E-state index in [9.17, 15) is 5.11 Å². The summed E-state index contributed by atoms with van der Waals surface area (Å²) in [6.07, 6.45) is -2.83. The molecule has 38 heavy (non-hydrogen) atoms. The smallest absolute Gasteiger partial charge is 0.117 e. The fourth-order valence-corrected chi connectivity index (χ4v) is 4.78. The predicted octanol–water partition coefficient (Wildman–Crippen LogP) is 5.88. The van der Waals surface area contributed by atoms with E-state index < -0.39 is 30.5 Å². The summed E-state index contributed by atoms with van der Waals surface area (Å²) in [5.41, 5.74) is 4.15. The molecule has 5 heteroatoms. The molecule has 1 heterocycles. The average molecular weight is 511 g/mol. The summed E-state index contributed by atoms with van der Waals surface area (Å²) in [4.78, 5) is 0. The minimum absolute atomic E-state index is 0.123. The number of aliphatic hydroxyl groups is 1. The average Bonchev–Trinajstić information content (AvgIpc) is 3.35. The molecule has 1 N–H and O–H groups in total. The van der Waals surface area contributed by atoms with Gasteiger partial charge in [0.1, 0.15) is 30.5 Å². The summed E-state index contributed by atoms with van der Waals surface area (Å²) in [6, 6.07) is 40.0. The Morgan fingerprint density at radius 3 is 1.55 bits per heavy atom. The molecule has 1 fully saturated rings. The van der Waals surface area contributed by atoms with Crippen molar-refractivity contribution in [3.63, 3.8) is 0 Å². The van der Waals surface area contributed by atoms with Gasteiger partial charge in [0.25, 0.3) is 0 Å². The maximum Gasteiger partial charge on any atom is 0.117 e. The van der Waals surface area contributed by atoms with Crippen LogP contribution >= 0.6 is 0 Å². The van der Waals surface area contributed by atoms with Crippen LogP contribution in [0.1, 0.15) is 28.4 Å². The largest absolute Gasteiger partial charge is 0.388 e. The van der Waals surface area contributed by atoms with E-state index in [1.807, 2.05) is 121 Å². The molecular formula is C33H34O5. The van der Waals surface area contributed by atoms with Crippen molar-refractivity contribution in [2.24, 2.45) is 0 Å². The Labute approximate surface area is 224 Å². The van der Waals surface area contributed by atoms with E-state index in [1.54, 1.807) is 0 Å². The molecule has 0 aliphatic carbocycles. The summed E-state index contributed by atoms with van der Waals surface area (Å²) in [7, 11) is 0. The van der Waals surface area contributed by atoms with Crippen LogP contribution in [-0.2, 0) is 38.8 Å². The van der Waals surface area contributed by atoms with E-state index in [-0.39, 0.29) is 6.61 Å². The van der Waals surface area contributed by atoms with Crippen molar-refractivity contribution in [1.82, 2.24) is 0 Å². The van der Waals surface area contributed by atoms with Crippen LogP contribution in [0.5, 0.6) is 0 Å². The fourth-order valence-electron chi connectivity index (χ4n) is 4.78. The van der Waals surface area contributed by atoms with E-state index in [1.165, 1.54) is 0 Å². The van der Waals surface area contributed by atoms with Crippen LogP contribution in [0.15, 0.2) is 121 Å². The van der Waals surface area contributed by atoms with Crippen molar-refractivity contribution in [2.45, 2.75) is 50.3 Å². The van der Waals surface area contributed by atoms with Crippen molar-refractivity contribution >= 4 is 0 Å². The zero-order valence-corrected chi connectivity index (χ0v) is 21.3. The minimum Gasteiger partial charge on any atom is -0.388 e. The highest BCUT2D eigenvalue weighted by Crippen LogP contribution is 2.39. The molecular weight excluding hydrogens is 476 g/mol. The van der Waals surface area contributed by atoms with Crippen molar-refractivity contribution in [2.75, 3.05) is 6.61 Å². The fraction of sp³-hybridized carbons (Fsp3) is 0.273.